The van der Waals surface area contributed by atoms with Crippen LogP contribution < -0.4 is 5.73 Å². The minimum Gasteiger partial charge on any atom is -0.450 e. The molecular weight excluding hydrogens is 296 g/mol. The predicted octanol–water partition coefficient (Wildman–Crippen LogP) is 2.58. The van der Waals surface area contributed by atoms with Crippen LogP contribution in [0.4, 0.5) is 4.79 Å². The predicted molar refractivity (Wildman–Crippen MR) is 85.7 cm³/mol. The highest BCUT2D eigenvalue weighted by molar-refractivity contribution is 5.53. The Morgan fingerprint density at radius 2 is 2.17 bits per heavy atom. The summed E-state index contributed by atoms with van der Waals surface area (Å²) in [6.45, 7) is 3.01. The summed E-state index contributed by atoms with van der Waals surface area (Å²) < 4.78 is 2.00. The maximum atomic E-state index is 8.56. The third-order valence-electron chi connectivity index (χ3n) is 3.93. The number of nitrogens with zero attached hydrogens (tertiary/aromatic N) is 3. The summed E-state index contributed by atoms with van der Waals surface area (Å²) in [5.74, 6) is 2.94. The number of hydrogen-bond donors (Lipinski definition) is 3. The number of imidazole rings is 1. The number of aromatic nitrogens is 3. The van der Waals surface area contributed by atoms with Gasteiger partial charge in [-0.15, -0.1) is 0 Å². The Bertz CT molecular complexity index is 625. The molecule has 3 rings (SSSR count). The van der Waals surface area contributed by atoms with Crippen molar-refractivity contribution >= 4 is 6.16 Å². The SMILES string of the molecule is CC(CN)CC1CC1c1cn(-c2ccccn2)cn1.O=C(O)O. The van der Waals surface area contributed by atoms with Gasteiger partial charge in [0.05, 0.1) is 5.69 Å². The molecule has 2 aromatic heterocycles. The molecule has 1 fully saturated rings. The lowest BCUT2D eigenvalue weighted by molar-refractivity contribution is 0.137. The highest BCUT2D eigenvalue weighted by Crippen LogP contribution is 2.50. The second kappa shape index (κ2) is 7.73. The van der Waals surface area contributed by atoms with E-state index in [0.717, 1.165) is 18.3 Å². The summed E-state index contributed by atoms with van der Waals surface area (Å²) in [5, 5.41) is 13.9. The summed E-state index contributed by atoms with van der Waals surface area (Å²) in [7, 11) is 0. The summed E-state index contributed by atoms with van der Waals surface area (Å²) in [6, 6.07) is 5.91. The smallest absolute Gasteiger partial charge is 0.450 e. The van der Waals surface area contributed by atoms with E-state index >= 15 is 0 Å². The van der Waals surface area contributed by atoms with Crippen LogP contribution in [0.2, 0.25) is 0 Å². The number of pyridine rings is 1. The zero-order chi connectivity index (χ0) is 16.8. The molecule has 7 heteroatoms. The van der Waals surface area contributed by atoms with Gasteiger partial charge >= 0.3 is 6.16 Å². The molecule has 7 nitrogen and oxygen atoms in total. The molecule has 2 heterocycles. The molecule has 1 aliphatic carbocycles. The van der Waals surface area contributed by atoms with Gasteiger partial charge in [-0.2, -0.15) is 0 Å². The zero-order valence-corrected chi connectivity index (χ0v) is 13.0. The first kappa shape index (κ1) is 17.0. The molecule has 0 aromatic carbocycles. The zero-order valence-electron chi connectivity index (χ0n) is 13.0. The number of rotatable bonds is 5. The van der Waals surface area contributed by atoms with E-state index in [9.17, 15) is 0 Å². The maximum absolute atomic E-state index is 8.56. The van der Waals surface area contributed by atoms with Gasteiger partial charge in [0.25, 0.3) is 0 Å². The van der Waals surface area contributed by atoms with Crippen LogP contribution in [0.1, 0.15) is 31.4 Å². The van der Waals surface area contributed by atoms with Gasteiger partial charge in [-0.3, -0.25) is 4.57 Å². The molecule has 0 amide bonds. The molecule has 0 saturated heterocycles. The molecule has 0 aliphatic heterocycles. The van der Waals surface area contributed by atoms with Crippen LogP contribution in [-0.4, -0.2) is 37.4 Å². The van der Waals surface area contributed by atoms with E-state index in [1.807, 2.05) is 29.1 Å². The van der Waals surface area contributed by atoms with Gasteiger partial charge in [0.1, 0.15) is 12.1 Å². The summed E-state index contributed by atoms with van der Waals surface area (Å²) in [5.41, 5.74) is 6.88. The monoisotopic (exact) mass is 318 g/mol. The van der Waals surface area contributed by atoms with Gasteiger partial charge in [-0.1, -0.05) is 13.0 Å². The lowest BCUT2D eigenvalue weighted by atomic mass is 10.0. The quantitative estimate of drug-likeness (QED) is 0.780. The molecule has 0 radical (unpaired) electrons. The van der Waals surface area contributed by atoms with E-state index in [4.69, 9.17) is 20.7 Å². The normalized spacial score (nSPS) is 20.3. The number of carbonyl (C=O) groups is 1. The van der Waals surface area contributed by atoms with Gasteiger partial charge < -0.3 is 15.9 Å². The Balaban J connectivity index is 0.000000433. The minimum atomic E-state index is -1.83. The molecule has 0 spiro atoms. The average Bonchev–Trinajstić information content (AvgIpc) is 3.11. The molecule has 3 unspecified atom stereocenters. The van der Waals surface area contributed by atoms with Crippen molar-refractivity contribution in [3.05, 3.63) is 42.6 Å². The van der Waals surface area contributed by atoms with Crippen molar-refractivity contribution in [1.29, 1.82) is 0 Å². The van der Waals surface area contributed by atoms with Crippen molar-refractivity contribution in [2.75, 3.05) is 6.54 Å². The molecule has 1 aliphatic rings. The van der Waals surface area contributed by atoms with Crippen molar-refractivity contribution in [2.24, 2.45) is 17.6 Å². The average molecular weight is 318 g/mol. The standard InChI is InChI=1S/C15H20N4.CH2O3/c1-11(8-16)6-12-7-13(12)14-9-19(10-18-14)15-4-2-3-5-17-15;2-1(3)4/h2-5,9-13H,6-8,16H2,1H3;(H2,2,3,4). The highest BCUT2D eigenvalue weighted by atomic mass is 16.6. The van der Waals surface area contributed by atoms with Crippen molar-refractivity contribution < 1.29 is 15.0 Å². The first-order valence-electron chi connectivity index (χ1n) is 7.58. The third-order valence-corrected chi connectivity index (χ3v) is 3.93. The van der Waals surface area contributed by atoms with E-state index < -0.39 is 6.16 Å². The van der Waals surface area contributed by atoms with E-state index in [0.29, 0.717) is 11.8 Å². The van der Waals surface area contributed by atoms with Crippen LogP contribution in [0.3, 0.4) is 0 Å². The van der Waals surface area contributed by atoms with Crippen LogP contribution >= 0.6 is 0 Å². The molecule has 2 aromatic rings. The van der Waals surface area contributed by atoms with Gasteiger partial charge in [-0.05, 0) is 43.4 Å². The second-order valence-electron chi connectivity index (χ2n) is 5.86. The maximum Gasteiger partial charge on any atom is 0.503 e. The van der Waals surface area contributed by atoms with Gasteiger partial charge in [0, 0.05) is 18.3 Å². The van der Waals surface area contributed by atoms with E-state index in [-0.39, 0.29) is 0 Å². The summed E-state index contributed by atoms with van der Waals surface area (Å²) in [4.78, 5) is 17.4. The van der Waals surface area contributed by atoms with E-state index in [2.05, 4.69) is 23.1 Å². The molecule has 3 atom stereocenters. The summed E-state index contributed by atoms with van der Waals surface area (Å²) in [6.07, 6.45) is 6.42. The fraction of sp³-hybridized carbons (Fsp3) is 0.438. The molecule has 23 heavy (non-hydrogen) atoms. The van der Waals surface area contributed by atoms with Crippen molar-refractivity contribution in [3.8, 4) is 5.82 Å². The van der Waals surface area contributed by atoms with E-state index in [1.54, 1.807) is 6.20 Å². The Labute approximate surface area is 134 Å². The van der Waals surface area contributed by atoms with Crippen LogP contribution in [0.5, 0.6) is 0 Å². The molecule has 124 valence electrons. The number of hydrogen-bond acceptors (Lipinski definition) is 4. The number of carboxylic acid groups (broad SMARTS) is 2. The van der Waals surface area contributed by atoms with Crippen LogP contribution in [-0.2, 0) is 0 Å². The minimum absolute atomic E-state index is 0.618. The summed E-state index contributed by atoms with van der Waals surface area (Å²) >= 11 is 0. The number of nitrogens with two attached hydrogens (primary N) is 1. The molecule has 0 bridgehead atoms. The molecule has 1 saturated carbocycles. The topological polar surface area (TPSA) is 114 Å². The van der Waals surface area contributed by atoms with Crippen LogP contribution in [0.25, 0.3) is 5.82 Å². The molecular formula is C16H22N4O3. The fourth-order valence-corrected chi connectivity index (χ4v) is 2.64. The Morgan fingerprint density at radius 3 is 2.78 bits per heavy atom. The lowest BCUT2D eigenvalue weighted by Crippen LogP contribution is -2.11. The first-order valence-corrected chi connectivity index (χ1v) is 7.58. The van der Waals surface area contributed by atoms with Crippen LogP contribution in [0, 0.1) is 11.8 Å². The Hall–Kier alpha value is -2.41. The Morgan fingerprint density at radius 1 is 1.43 bits per heavy atom. The van der Waals surface area contributed by atoms with Gasteiger partial charge in [0.2, 0.25) is 0 Å². The van der Waals surface area contributed by atoms with Crippen molar-refractivity contribution in [1.82, 2.24) is 14.5 Å². The van der Waals surface area contributed by atoms with Gasteiger partial charge in [0.15, 0.2) is 0 Å². The Kier molecular flexibility index (Phi) is 5.70. The highest BCUT2D eigenvalue weighted by Gasteiger charge is 2.40. The van der Waals surface area contributed by atoms with Gasteiger partial charge in [-0.25, -0.2) is 14.8 Å². The molecule has 4 N–H and O–H groups in total. The fourth-order valence-electron chi connectivity index (χ4n) is 2.64. The third kappa shape index (κ3) is 5.07. The van der Waals surface area contributed by atoms with Crippen molar-refractivity contribution in [2.45, 2.75) is 25.7 Å². The van der Waals surface area contributed by atoms with Crippen LogP contribution in [0.15, 0.2) is 36.9 Å². The second-order valence-corrected chi connectivity index (χ2v) is 5.86. The first-order chi connectivity index (χ1) is 11.0. The largest absolute Gasteiger partial charge is 0.503 e. The van der Waals surface area contributed by atoms with E-state index in [1.165, 1.54) is 18.5 Å². The lowest BCUT2D eigenvalue weighted by Gasteiger charge is -2.06. The van der Waals surface area contributed by atoms with Crippen molar-refractivity contribution in [3.63, 3.8) is 0 Å².